The van der Waals surface area contributed by atoms with Crippen LogP contribution in [0.2, 0.25) is 0 Å². The van der Waals surface area contributed by atoms with Crippen LogP contribution in [0.1, 0.15) is 0 Å². The Kier molecular flexibility index (Phi) is 2.71. The van der Waals surface area contributed by atoms with Gasteiger partial charge in [0.05, 0.1) is 0 Å². The Morgan fingerprint density at radius 3 is 2.47 bits per heavy atom. The Labute approximate surface area is 99.0 Å². The van der Waals surface area contributed by atoms with Gasteiger partial charge in [0, 0.05) is 37.4 Å². The number of hydrogen-bond acceptors (Lipinski definition) is 5. The van der Waals surface area contributed by atoms with Crippen molar-refractivity contribution in [2.75, 3.05) is 31.1 Å². The summed E-state index contributed by atoms with van der Waals surface area (Å²) in [7, 11) is 0. The molecule has 2 N–H and O–H groups in total. The molecule has 1 saturated heterocycles. The van der Waals surface area contributed by atoms with E-state index in [1.165, 1.54) is 5.69 Å². The Balaban J connectivity index is 1.80. The maximum absolute atomic E-state index is 3.96. The smallest absolute Gasteiger partial charge is 0.204 e. The molecular weight excluding hydrogens is 216 g/mol. The van der Waals surface area contributed by atoms with Crippen molar-refractivity contribution >= 4 is 5.69 Å². The molecule has 2 aromatic rings. The van der Waals surface area contributed by atoms with E-state index in [9.17, 15) is 0 Å². The molecule has 1 fully saturated rings. The highest BCUT2D eigenvalue weighted by atomic mass is 15.5. The summed E-state index contributed by atoms with van der Waals surface area (Å²) in [4.78, 5) is 2.37. The molecule has 0 radical (unpaired) electrons. The lowest BCUT2D eigenvalue weighted by Gasteiger charge is -2.29. The first kappa shape index (κ1) is 10.2. The molecule has 0 aliphatic carbocycles. The summed E-state index contributed by atoms with van der Waals surface area (Å²) in [5.41, 5.74) is 2.23. The van der Waals surface area contributed by atoms with Gasteiger partial charge in [-0.1, -0.05) is 0 Å². The van der Waals surface area contributed by atoms with E-state index in [0.717, 1.165) is 31.7 Å². The molecule has 0 atom stereocenters. The molecule has 17 heavy (non-hydrogen) atoms. The SMILES string of the molecule is c1cc(N2CCNCC2)ccc1-c1nn[nH]n1. The summed E-state index contributed by atoms with van der Waals surface area (Å²) in [6.45, 7) is 4.21. The minimum atomic E-state index is 0.636. The van der Waals surface area contributed by atoms with Crippen LogP contribution in [0.25, 0.3) is 11.4 Å². The van der Waals surface area contributed by atoms with E-state index >= 15 is 0 Å². The van der Waals surface area contributed by atoms with E-state index in [4.69, 9.17) is 0 Å². The van der Waals surface area contributed by atoms with Gasteiger partial charge in [-0.15, -0.1) is 10.2 Å². The van der Waals surface area contributed by atoms with Gasteiger partial charge < -0.3 is 10.2 Å². The van der Waals surface area contributed by atoms with Crippen LogP contribution in [-0.4, -0.2) is 46.8 Å². The number of anilines is 1. The van der Waals surface area contributed by atoms with Crippen molar-refractivity contribution in [2.45, 2.75) is 0 Å². The number of tetrazole rings is 1. The van der Waals surface area contributed by atoms with E-state index in [-0.39, 0.29) is 0 Å². The molecule has 3 rings (SSSR count). The Bertz CT molecular complexity index is 457. The number of piperazine rings is 1. The number of hydrogen-bond donors (Lipinski definition) is 2. The highest BCUT2D eigenvalue weighted by molar-refractivity contribution is 5.59. The van der Waals surface area contributed by atoms with E-state index in [0.29, 0.717) is 5.82 Å². The summed E-state index contributed by atoms with van der Waals surface area (Å²) in [6, 6.07) is 8.28. The Hall–Kier alpha value is -1.95. The van der Waals surface area contributed by atoms with Gasteiger partial charge in [0.25, 0.3) is 0 Å². The molecule has 1 aliphatic rings. The third-order valence-electron chi connectivity index (χ3n) is 2.95. The second-order valence-corrected chi connectivity index (χ2v) is 4.02. The zero-order chi connectivity index (χ0) is 11.5. The number of rotatable bonds is 2. The number of aromatic amines is 1. The molecule has 6 nitrogen and oxygen atoms in total. The highest BCUT2D eigenvalue weighted by Crippen LogP contribution is 2.20. The van der Waals surface area contributed by atoms with Gasteiger partial charge >= 0.3 is 0 Å². The summed E-state index contributed by atoms with van der Waals surface area (Å²) >= 11 is 0. The lowest BCUT2D eigenvalue weighted by atomic mass is 10.2. The third kappa shape index (κ3) is 2.12. The third-order valence-corrected chi connectivity index (χ3v) is 2.95. The first-order chi connectivity index (χ1) is 8.43. The molecule has 0 bridgehead atoms. The summed E-state index contributed by atoms with van der Waals surface area (Å²) < 4.78 is 0. The minimum absolute atomic E-state index is 0.636. The average Bonchev–Trinajstić information content (AvgIpc) is 2.94. The molecule has 1 aromatic carbocycles. The van der Waals surface area contributed by atoms with Crippen LogP contribution in [0.3, 0.4) is 0 Å². The van der Waals surface area contributed by atoms with Gasteiger partial charge in [0.15, 0.2) is 0 Å². The van der Waals surface area contributed by atoms with Crippen LogP contribution < -0.4 is 10.2 Å². The van der Waals surface area contributed by atoms with Crippen LogP contribution >= 0.6 is 0 Å². The van der Waals surface area contributed by atoms with Gasteiger partial charge in [-0.25, -0.2) is 0 Å². The van der Waals surface area contributed by atoms with E-state index in [2.05, 4.69) is 43.0 Å². The fourth-order valence-electron chi connectivity index (χ4n) is 2.03. The van der Waals surface area contributed by atoms with Gasteiger partial charge in [-0.05, 0) is 29.5 Å². The van der Waals surface area contributed by atoms with Gasteiger partial charge in [0.2, 0.25) is 5.82 Å². The quantitative estimate of drug-likeness (QED) is 0.775. The monoisotopic (exact) mass is 230 g/mol. The van der Waals surface area contributed by atoms with Crippen molar-refractivity contribution in [3.63, 3.8) is 0 Å². The molecule has 0 amide bonds. The largest absolute Gasteiger partial charge is 0.369 e. The highest BCUT2D eigenvalue weighted by Gasteiger charge is 2.10. The van der Waals surface area contributed by atoms with Crippen LogP contribution in [0, 0.1) is 0 Å². The molecule has 0 saturated carbocycles. The summed E-state index contributed by atoms with van der Waals surface area (Å²) in [5, 5.41) is 17.3. The molecule has 0 unspecified atom stereocenters. The number of benzene rings is 1. The predicted octanol–water partition coefficient (Wildman–Crippen LogP) is 0.276. The van der Waals surface area contributed by atoms with Crippen molar-refractivity contribution in [1.29, 1.82) is 0 Å². The minimum Gasteiger partial charge on any atom is -0.369 e. The Morgan fingerprint density at radius 2 is 1.82 bits per heavy atom. The number of H-pyrrole nitrogens is 1. The second-order valence-electron chi connectivity index (χ2n) is 4.02. The van der Waals surface area contributed by atoms with E-state index < -0.39 is 0 Å². The van der Waals surface area contributed by atoms with E-state index in [1.54, 1.807) is 0 Å². The number of aromatic nitrogens is 4. The van der Waals surface area contributed by atoms with Crippen LogP contribution in [-0.2, 0) is 0 Å². The zero-order valence-corrected chi connectivity index (χ0v) is 9.43. The summed E-state index contributed by atoms with van der Waals surface area (Å²) in [6.07, 6.45) is 0. The first-order valence-corrected chi connectivity index (χ1v) is 5.73. The molecule has 1 aromatic heterocycles. The molecule has 6 heteroatoms. The van der Waals surface area contributed by atoms with Crippen molar-refractivity contribution in [3.8, 4) is 11.4 Å². The normalized spacial score (nSPS) is 16.1. The topological polar surface area (TPSA) is 69.7 Å². The van der Waals surface area contributed by atoms with Gasteiger partial charge in [-0.2, -0.15) is 5.21 Å². The molecule has 2 heterocycles. The fraction of sp³-hybridized carbons (Fsp3) is 0.364. The standard InChI is InChI=1S/C11H14N6/c1-3-10(17-7-5-12-6-8-17)4-2-9(1)11-13-15-16-14-11/h1-4,12H,5-8H2,(H,13,14,15,16). The number of nitrogens with one attached hydrogen (secondary N) is 2. The van der Waals surface area contributed by atoms with Crippen molar-refractivity contribution < 1.29 is 0 Å². The lowest BCUT2D eigenvalue weighted by Crippen LogP contribution is -2.43. The van der Waals surface area contributed by atoms with Crippen LogP contribution in [0.5, 0.6) is 0 Å². The lowest BCUT2D eigenvalue weighted by molar-refractivity contribution is 0.589. The molecule has 0 spiro atoms. The van der Waals surface area contributed by atoms with Gasteiger partial charge in [-0.3, -0.25) is 0 Å². The van der Waals surface area contributed by atoms with Gasteiger partial charge in [0.1, 0.15) is 0 Å². The maximum atomic E-state index is 3.96. The maximum Gasteiger partial charge on any atom is 0.204 e. The van der Waals surface area contributed by atoms with Crippen molar-refractivity contribution in [2.24, 2.45) is 0 Å². The average molecular weight is 230 g/mol. The first-order valence-electron chi connectivity index (χ1n) is 5.73. The fourth-order valence-corrected chi connectivity index (χ4v) is 2.03. The van der Waals surface area contributed by atoms with Crippen LogP contribution in [0.15, 0.2) is 24.3 Å². The molecule has 88 valence electrons. The zero-order valence-electron chi connectivity index (χ0n) is 9.43. The predicted molar refractivity (Wildman–Crippen MR) is 64.7 cm³/mol. The van der Waals surface area contributed by atoms with Crippen molar-refractivity contribution in [3.05, 3.63) is 24.3 Å². The second kappa shape index (κ2) is 4.50. The van der Waals surface area contributed by atoms with Crippen molar-refractivity contribution in [1.82, 2.24) is 25.9 Å². The Morgan fingerprint density at radius 1 is 1.06 bits per heavy atom. The summed E-state index contributed by atoms with van der Waals surface area (Å²) in [5.74, 6) is 0.636. The molecule has 1 aliphatic heterocycles. The molecular formula is C11H14N6. The van der Waals surface area contributed by atoms with Crippen LogP contribution in [0.4, 0.5) is 5.69 Å². The van der Waals surface area contributed by atoms with E-state index in [1.807, 2.05) is 12.1 Å². The number of nitrogens with zero attached hydrogens (tertiary/aromatic N) is 4.